The van der Waals surface area contributed by atoms with E-state index < -0.39 is 11.8 Å². The molecule has 0 amide bonds. The van der Waals surface area contributed by atoms with Crippen molar-refractivity contribution in [3.05, 3.63) is 90.4 Å². The first kappa shape index (κ1) is 19.1. The summed E-state index contributed by atoms with van der Waals surface area (Å²) < 4.78 is 30.2. The fourth-order valence-corrected chi connectivity index (χ4v) is 2.46. The third-order valence-electron chi connectivity index (χ3n) is 3.73. The topological polar surface area (TPSA) is 57.1 Å². The molecule has 1 heterocycles. The zero-order valence-corrected chi connectivity index (χ0v) is 15.1. The lowest BCUT2D eigenvalue weighted by Crippen LogP contribution is -2.07. The second kappa shape index (κ2) is 8.81. The Kier molecular flexibility index (Phi) is 6.01. The summed E-state index contributed by atoms with van der Waals surface area (Å²) in [5, 5.41) is 0. The summed E-state index contributed by atoms with van der Waals surface area (Å²) >= 11 is 0. The van der Waals surface area contributed by atoms with Crippen LogP contribution in [0.5, 0.6) is 11.5 Å². The van der Waals surface area contributed by atoms with Crippen molar-refractivity contribution in [2.45, 2.75) is 0 Å². The molecule has 2 aromatic carbocycles. The molecule has 0 saturated heterocycles. The van der Waals surface area contributed by atoms with Crippen molar-refractivity contribution < 1.29 is 23.4 Å². The van der Waals surface area contributed by atoms with Crippen molar-refractivity contribution >= 4 is 17.9 Å². The Labute approximate surface area is 162 Å². The molecule has 0 fully saturated rings. The zero-order valence-electron chi connectivity index (χ0n) is 15.1. The first-order chi connectivity index (χ1) is 13.6. The lowest BCUT2D eigenvalue weighted by atomic mass is 10.1. The summed E-state index contributed by atoms with van der Waals surface area (Å²) in [6, 6.07) is 11.1. The molecular weight excluding hydrogens is 361 g/mol. The molecule has 0 atom stereocenters. The Morgan fingerprint density at radius 3 is 2.57 bits per heavy atom. The van der Waals surface area contributed by atoms with Gasteiger partial charge in [-0.25, -0.2) is 14.2 Å². The minimum Gasteiger partial charge on any atom is -0.489 e. The van der Waals surface area contributed by atoms with E-state index in [1.807, 2.05) is 0 Å². The summed E-state index contributed by atoms with van der Waals surface area (Å²) in [6.45, 7) is 7.86. The minimum absolute atomic E-state index is 0.0430. The molecule has 28 heavy (non-hydrogen) atoms. The van der Waals surface area contributed by atoms with Crippen LogP contribution in [0.2, 0.25) is 0 Å². The number of halogens is 1. The summed E-state index contributed by atoms with van der Waals surface area (Å²) in [7, 11) is 0. The standard InChI is InChI=1S/C22H18FNO4/c1-3-11-26-16-10-9-15(20(14-16)27-12-4-2)13-19-22(25)28-21(24-19)17-7-5-6-8-18(17)23/h3-10,13-14H,1-2,11-12H2/b19-13-. The molecule has 0 radical (unpaired) electrons. The lowest BCUT2D eigenvalue weighted by Gasteiger charge is -2.10. The van der Waals surface area contributed by atoms with Gasteiger partial charge in [-0.15, -0.1) is 0 Å². The monoisotopic (exact) mass is 379 g/mol. The second-order valence-electron chi connectivity index (χ2n) is 5.71. The number of hydrogen-bond acceptors (Lipinski definition) is 5. The minimum atomic E-state index is -0.667. The normalized spacial score (nSPS) is 14.4. The van der Waals surface area contributed by atoms with Gasteiger partial charge in [-0.3, -0.25) is 0 Å². The number of esters is 1. The summed E-state index contributed by atoms with van der Waals surface area (Å²) in [6.07, 6.45) is 4.76. The van der Waals surface area contributed by atoms with Crippen LogP contribution < -0.4 is 9.47 Å². The number of carbonyl (C=O) groups excluding carboxylic acids is 1. The Morgan fingerprint density at radius 2 is 1.82 bits per heavy atom. The van der Waals surface area contributed by atoms with Gasteiger partial charge >= 0.3 is 5.97 Å². The van der Waals surface area contributed by atoms with Gasteiger partial charge in [0.05, 0.1) is 5.56 Å². The number of benzene rings is 2. The van der Waals surface area contributed by atoms with Gasteiger partial charge in [0.2, 0.25) is 5.90 Å². The molecule has 0 saturated carbocycles. The lowest BCUT2D eigenvalue weighted by molar-refractivity contribution is -0.129. The van der Waals surface area contributed by atoms with Crippen molar-refractivity contribution in [1.82, 2.24) is 0 Å². The molecule has 0 bridgehead atoms. The number of ether oxygens (including phenoxy) is 3. The highest BCUT2D eigenvalue weighted by atomic mass is 19.1. The molecule has 5 nitrogen and oxygen atoms in total. The molecule has 0 aromatic heterocycles. The van der Waals surface area contributed by atoms with Crippen molar-refractivity contribution in [3.8, 4) is 11.5 Å². The number of aliphatic imine (C=N–C) groups is 1. The van der Waals surface area contributed by atoms with Gasteiger partial charge in [-0.1, -0.05) is 37.4 Å². The first-order valence-electron chi connectivity index (χ1n) is 8.51. The van der Waals surface area contributed by atoms with E-state index >= 15 is 0 Å². The van der Waals surface area contributed by atoms with E-state index in [2.05, 4.69) is 18.2 Å². The molecule has 0 unspecified atom stereocenters. The van der Waals surface area contributed by atoms with E-state index in [9.17, 15) is 9.18 Å². The number of rotatable bonds is 8. The molecule has 0 aliphatic carbocycles. The highest BCUT2D eigenvalue weighted by molar-refractivity contribution is 6.13. The molecule has 3 rings (SSSR count). The van der Waals surface area contributed by atoms with Crippen LogP contribution in [0.15, 0.2) is 78.5 Å². The maximum atomic E-state index is 13.9. The number of hydrogen-bond donors (Lipinski definition) is 0. The zero-order chi connectivity index (χ0) is 19.9. The maximum absolute atomic E-state index is 13.9. The van der Waals surface area contributed by atoms with E-state index in [1.165, 1.54) is 18.2 Å². The molecule has 1 aliphatic rings. The predicted octanol–water partition coefficient (Wildman–Crippen LogP) is 4.30. The van der Waals surface area contributed by atoms with Gasteiger partial charge in [-0.2, -0.15) is 0 Å². The summed E-state index contributed by atoms with van der Waals surface area (Å²) in [4.78, 5) is 16.3. The highest BCUT2D eigenvalue weighted by Crippen LogP contribution is 2.29. The number of carbonyl (C=O) groups is 1. The predicted molar refractivity (Wildman–Crippen MR) is 105 cm³/mol. The van der Waals surface area contributed by atoms with Gasteiger partial charge in [-0.05, 0) is 30.3 Å². The van der Waals surface area contributed by atoms with Crippen LogP contribution in [-0.2, 0) is 9.53 Å². The second-order valence-corrected chi connectivity index (χ2v) is 5.71. The largest absolute Gasteiger partial charge is 0.489 e. The van der Waals surface area contributed by atoms with E-state index in [0.29, 0.717) is 23.7 Å². The average molecular weight is 379 g/mol. The van der Waals surface area contributed by atoms with Crippen molar-refractivity contribution in [2.75, 3.05) is 13.2 Å². The molecular formula is C22H18FNO4. The van der Waals surface area contributed by atoms with Crippen LogP contribution in [-0.4, -0.2) is 25.1 Å². The van der Waals surface area contributed by atoms with E-state index in [4.69, 9.17) is 14.2 Å². The number of nitrogens with zero attached hydrogens (tertiary/aromatic N) is 1. The van der Waals surface area contributed by atoms with Crippen LogP contribution in [0.25, 0.3) is 6.08 Å². The van der Waals surface area contributed by atoms with Crippen LogP contribution in [0.1, 0.15) is 11.1 Å². The van der Waals surface area contributed by atoms with Crippen LogP contribution in [0.4, 0.5) is 4.39 Å². The molecule has 2 aromatic rings. The van der Waals surface area contributed by atoms with Crippen molar-refractivity contribution in [1.29, 1.82) is 0 Å². The Balaban J connectivity index is 1.94. The molecule has 6 heteroatoms. The van der Waals surface area contributed by atoms with Gasteiger partial charge in [0.15, 0.2) is 5.70 Å². The Hall–Kier alpha value is -3.67. The number of cyclic esters (lactones) is 1. The third kappa shape index (κ3) is 4.35. The van der Waals surface area contributed by atoms with E-state index in [1.54, 1.807) is 42.5 Å². The molecule has 1 aliphatic heterocycles. The SMILES string of the molecule is C=CCOc1ccc(/C=C2\N=C(c3ccccc3F)OC2=O)c(OCC=C)c1. The highest BCUT2D eigenvalue weighted by Gasteiger charge is 2.26. The summed E-state index contributed by atoms with van der Waals surface area (Å²) in [5.74, 6) is -0.190. The van der Waals surface area contributed by atoms with Crippen LogP contribution in [0, 0.1) is 5.82 Å². The quantitative estimate of drug-likeness (QED) is 0.390. The van der Waals surface area contributed by atoms with E-state index in [-0.39, 0.29) is 23.8 Å². The van der Waals surface area contributed by atoms with Gasteiger partial charge in [0.1, 0.15) is 30.5 Å². The first-order valence-corrected chi connectivity index (χ1v) is 8.51. The van der Waals surface area contributed by atoms with Crippen LogP contribution in [0.3, 0.4) is 0 Å². The van der Waals surface area contributed by atoms with Gasteiger partial charge in [0.25, 0.3) is 0 Å². The average Bonchev–Trinajstić information content (AvgIpc) is 3.06. The Morgan fingerprint density at radius 1 is 1.07 bits per heavy atom. The van der Waals surface area contributed by atoms with Crippen molar-refractivity contribution in [3.63, 3.8) is 0 Å². The fourth-order valence-electron chi connectivity index (χ4n) is 2.46. The molecule has 0 N–H and O–H groups in total. The maximum Gasteiger partial charge on any atom is 0.363 e. The Bertz CT molecular complexity index is 978. The van der Waals surface area contributed by atoms with Gasteiger partial charge in [0, 0.05) is 11.6 Å². The smallest absolute Gasteiger partial charge is 0.363 e. The fraction of sp³-hybridized carbons (Fsp3) is 0.0909. The van der Waals surface area contributed by atoms with E-state index in [0.717, 1.165) is 0 Å². The third-order valence-corrected chi connectivity index (χ3v) is 3.73. The van der Waals surface area contributed by atoms with Crippen LogP contribution >= 0.6 is 0 Å². The molecule has 0 spiro atoms. The summed E-state index contributed by atoms with van der Waals surface area (Å²) in [5.41, 5.74) is 0.760. The van der Waals surface area contributed by atoms with Gasteiger partial charge < -0.3 is 14.2 Å². The molecule has 142 valence electrons. The van der Waals surface area contributed by atoms with Crippen molar-refractivity contribution in [2.24, 2.45) is 4.99 Å².